The number of nitrogens with zero attached hydrogens (tertiary/aromatic N) is 3. The Morgan fingerprint density at radius 3 is 2.50 bits per heavy atom. The molecule has 3 aliphatic rings. The monoisotopic (exact) mass is 279 g/mol. The van der Waals surface area contributed by atoms with Crippen LogP contribution in [0.4, 0.5) is 0 Å². The first-order valence-corrected chi connectivity index (χ1v) is 8.80. The molecule has 0 saturated carbocycles. The molecule has 3 fully saturated rings. The number of hydrogen-bond donors (Lipinski definition) is 0. The number of piperidine rings is 2. The van der Waals surface area contributed by atoms with E-state index in [0.717, 1.165) is 6.04 Å². The molecule has 20 heavy (non-hydrogen) atoms. The summed E-state index contributed by atoms with van der Waals surface area (Å²) in [5, 5.41) is 0. The fourth-order valence-electron chi connectivity index (χ4n) is 4.45. The van der Waals surface area contributed by atoms with E-state index in [1.54, 1.807) is 0 Å². The quantitative estimate of drug-likeness (QED) is 0.768. The summed E-state index contributed by atoms with van der Waals surface area (Å²) in [6, 6.07) is 0.862. The highest BCUT2D eigenvalue weighted by Gasteiger charge is 2.33. The van der Waals surface area contributed by atoms with E-state index >= 15 is 0 Å². The first-order valence-electron chi connectivity index (χ1n) is 8.80. The van der Waals surface area contributed by atoms with Gasteiger partial charge in [0.1, 0.15) is 0 Å². The van der Waals surface area contributed by atoms with E-state index in [-0.39, 0.29) is 0 Å². The lowest BCUT2D eigenvalue weighted by atomic mass is 9.80. The van der Waals surface area contributed by atoms with Crippen LogP contribution in [0.2, 0.25) is 0 Å². The van der Waals surface area contributed by atoms with E-state index in [0.29, 0.717) is 5.41 Å². The van der Waals surface area contributed by atoms with Gasteiger partial charge in [0.05, 0.1) is 0 Å². The smallest absolute Gasteiger partial charge is 0.0223 e. The van der Waals surface area contributed by atoms with Crippen molar-refractivity contribution < 1.29 is 0 Å². The predicted octanol–water partition coefficient (Wildman–Crippen LogP) is 2.28. The minimum Gasteiger partial charge on any atom is -0.306 e. The van der Waals surface area contributed by atoms with Gasteiger partial charge in [-0.05, 0) is 77.3 Å². The molecule has 3 saturated heterocycles. The van der Waals surface area contributed by atoms with Crippen LogP contribution in [-0.4, -0.2) is 73.6 Å². The van der Waals surface area contributed by atoms with Gasteiger partial charge < -0.3 is 9.80 Å². The molecular weight excluding hydrogens is 246 g/mol. The van der Waals surface area contributed by atoms with E-state index in [2.05, 4.69) is 28.7 Å². The molecule has 0 radical (unpaired) electrons. The second kappa shape index (κ2) is 6.33. The maximum atomic E-state index is 2.81. The standard InChI is InChI=1S/C17H33N3/c1-17(7-12-18(2)13-8-17)15-19-9-5-11-20-10-4-3-6-16(20)14-19/h16H,3-15H2,1-2H3. The Morgan fingerprint density at radius 2 is 1.70 bits per heavy atom. The van der Waals surface area contributed by atoms with Gasteiger partial charge >= 0.3 is 0 Å². The molecule has 3 rings (SSSR count). The molecule has 1 unspecified atom stereocenters. The van der Waals surface area contributed by atoms with Gasteiger partial charge in [-0.2, -0.15) is 0 Å². The highest BCUT2D eigenvalue weighted by molar-refractivity contribution is 4.88. The molecule has 116 valence electrons. The number of rotatable bonds is 2. The van der Waals surface area contributed by atoms with E-state index in [4.69, 9.17) is 0 Å². The third kappa shape index (κ3) is 3.55. The van der Waals surface area contributed by atoms with Gasteiger partial charge in [0, 0.05) is 19.1 Å². The maximum absolute atomic E-state index is 2.81. The Balaban J connectivity index is 1.56. The summed E-state index contributed by atoms with van der Waals surface area (Å²) in [5.41, 5.74) is 0.566. The van der Waals surface area contributed by atoms with Crippen molar-refractivity contribution >= 4 is 0 Å². The lowest BCUT2D eigenvalue weighted by Crippen LogP contribution is -2.48. The molecule has 3 nitrogen and oxygen atoms in total. The SMILES string of the molecule is CN1CCC(C)(CN2CCCN3CCCCC3C2)CC1. The summed E-state index contributed by atoms with van der Waals surface area (Å²) >= 11 is 0. The van der Waals surface area contributed by atoms with Crippen LogP contribution in [0, 0.1) is 5.41 Å². The Labute approximate surface area is 125 Å². The van der Waals surface area contributed by atoms with Crippen molar-refractivity contribution in [2.45, 2.75) is 51.5 Å². The first-order chi connectivity index (χ1) is 9.65. The number of likely N-dealkylation sites (tertiary alicyclic amines) is 1. The summed E-state index contributed by atoms with van der Waals surface area (Å²) in [7, 11) is 2.27. The van der Waals surface area contributed by atoms with Crippen molar-refractivity contribution in [2.24, 2.45) is 5.41 Å². The third-order valence-corrected chi connectivity index (χ3v) is 5.94. The van der Waals surface area contributed by atoms with Crippen LogP contribution in [0.1, 0.15) is 45.4 Å². The molecule has 0 spiro atoms. The Kier molecular flexibility index (Phi) is 4.68. The van der Waals surface area contributed by atoms with Crippen LogP contribution in [-0.2, 0) is 0 Å². The second-order valence-corrected chi connectivity index (χ2v) is 7.89. The maximum Gasteiger partial charge on any atom is 0.0223 e. The van der Waals surface area contributed by atoms with Gasteiger partial charge in [0.25, 0.3) is 0 Å². The lowest BCUT2D eigenvalue weighted by molar-refractivity contribution is 0.0737. The average Bonchev–Trinajstić information content (AvgIpc) is 2.64. The number of fused-ring (bicyclic) bond motifs is 1. The van der Waals surface area contributed by atoms with Crippen molar-refractivity contribution in [2.75, 3.05) is 52.9 Å². The van der Waals surface area contributed by atoms with Crippen molar-refractivity contribution in [1.82, 2.24) is 14.7 Å². The normalized spacial score (nSPS) is 33.6. The van der Waals surface area contributed by atoms with Crippen LogP contribution in [0.15, 0.2) is 0 Å². The zero-order chi connectivity index (χ0) is 14.0. The average molecular weight is 279 g/mol. The van der Waals surface area contributed by atoms with Crippen LogP contribution in [0.25, 0.3) is 0 Å². The van der Waals surface area contributed by atoms with Gasteiger partial charge in [-0.25, -0.2) is 0 Å². The van der Waals surface area contributed by atoms with E-state index in [1.807, 2.05) is 0 Å². The highest BCUT2D eigenvalue weighted by Crippen LogP contribution is 2.32. The molecule has 0 amide bonds. The van der Waals surface area contributed by atoms with Gasteiger partial charge in [0.15, 0.2) is 0 Å². The van der Waals surface area contributed by atoms with Crippen molar-refractivity contribution in [1.29, 1.82) is 0 Å². The second-order valence-electron chi connectivity index (χ2n) is 7.89. The fourth-order valence-corrected chi connectivity index (χ4v) is 4.45. The van der Waals surface area contributed by atoms with Crippen LogP contribution >= 0.6 is 0 Å². The zero-order valence-electron chi connectivity index (χ0n) is 13.6. The molecule has 0 aromatic rings. The molecule has 3 heterocycles. The minimum absolute atomic E-state index is 0.566. The van der Waals surface area contributed by atoms with Gasteiger partial charge in [-0.15, -0.1) is 0 Å². The van der Waals surface area contributed by atoms with Gasteiger partial charge in [0.2, 0.25) is 0 Å². The van der Waals surface area contributed by atoms with Gasteiger partial charge in [-0.3, -0.25) is 4.90 Å². The summed E-state index contributed by atoms with van der Waals surface area (Å²) in [6.45, 7) is 11.8. The topological polar surface area (TPSA) is 9.72 Å². The Bertz CT molecular complexity index is 309. The van der Waals surface area contributed by atoms with Crippen LogP contribution in [0.3, 0.4) is 0 Å². The van der Waals surface area contributed by atoms with E-state index < -0.39 is 0 Å². The van der Waals surface area contributed by atoms with Crippen molar-refractivity contribution in [3.05, 3.63) is 0 Å². The summed E-state index contributed by atoms with van der Waals surface area (Å²) < 4.78 is 0. The van der Waals surface area contributed by atoms with Crippen molar-refractivity contribution in [3.8, 4) is 0 Å². The molecule has 0 N–H and O–H groups in total. The molecular formula is C17H33N3. The first kappa shape index (κ1) is 14.8. The van der Waals surface area contributed by atoms with Crippen LogP contribution in [0.5, 0.6) is 0 Å². The molecule has 3 aliphatic heterocycles. The molecule has 0 bridgehead atoms. The Hall–Kier alpha value is -0.120. The third-order valence-electron chi connectivity index (χ3n) is 5.94. The largest absolute Gasteiger partial charge is 0.306 e. The van der Waals surface area contributed by atoms with Gasteiger partial charge in [-0.1, -0.05) is 13.3 Å². The predicted molar refractivity (Wildman–Crippen MR) is 85.1 cm³/mol. The minimum atomic E-state index is 0.566. The summed E-state index contributed by atoms with van der Waals surface area (Å²) in [4.78, 5) is 8.08. The highest BCUT2D eigenvalue weighted by atomic mass is 15.2. The molecule has 0 aliphatic carbocycles. The summed E-state index contributed by atoms with van der Waals surface area (Å²) in [6.07, 6.45) is 8.48. The molecule has 0 aromatic heterocycles. The number of hydrogen-bond acceptors (Lipinski definition) is 3. The van der Waals surface area contributed by atoms with Crippen LogP contribution < -0.4 is 0 Å². The van der Waals surface area contributed by atoms with E-state index in [9.17, 15) is 0 Å². The zero-order valence-corrected chi connectivity index (χ0v) is 13.6. The molecule has 0 aromatic carbocycles. The van der Waals surface area contributed by atoms with Crippen molar-refractivity contribution in [3.63, 3.8) is 0 Å². The van der Waals surface area contributed by atoms with E-state index in [1.165, 1.54) is 84.3 Å². The fraction of sp³-hybridized carbons (Fsp3) is 1.00. The molecule has 3 heteroatoms. The lowest BCUT2D eigenvalue weighted by Gasteiger charge is -2.42. The Morgan fingerprint density at radius 1 is 0.950 bits per heavy atom. The summed E-state index contributed by atoms with van der Waals surface area (Å²) in [5.74, 6) is 0. The molecule has 1 atom stereocenters.